The molecule has 0 aliphatic carbocycles. The fraction of sp³-hybridized carbons (Fsp3) is 0. The van der Waals surface area contributed by atoms with Crippen LogP contribution in [-0.4, -0.2) is 9.97 Å². The van der Waals surface area contributed by atoms with E-state index in [2.05, 4.69) is 70.6 Å². The SMILES string of the molecule is Clc1nc(-c2cccc3ccccc23)c2c(n1)sc1ccccc12. The first kappa shape index (κ1) is 13.9. The largest absolute Gasteiger partial charge is 0.224 e. The summed E-state index contributed by atoms with van der Waals surface area (Å²) in [5.41, 5.74) is 1.99. The molecule has 0 aliphatic rings. The van der Waals surface area contributed by atoms with Crippen LogP contribution in [0, 0.1) is 0 Å². The van der Waals surface area contributed by atoms with Gasteiger partial charge in [-0.2, -0.15) is 0 Å². The Morgan fingerprint density at radius 1 is 0.750 bits per heavy atom. The van der Waals surface area contributed by atoms with Gasteiger partial charge in [0.15, 0.2) is 0 Å². The van der Waals surface area contributed by atoms with E-state index in [4.69, 9.17) is 11.6 Å². The number of nitrogens with zero attached hydrogens (tertiary/aromatic N) is 2. The maximum Gasteiger partial charge on any atom is 0.224 e. The van der Waals surface area contributed by atoms with Crippen LogP contribution in [-0.2, 0) is 0 Å². The van der Waals surface area contributed by atoms with Crippen molar-refractivity contribution in [1.82, 2.24) is 9.97 Å². The number of hydrogen-bond donors (Lipinski definition) is 0. The van der Waals surface area contributed by atoms with E-state index in [1.807, 2.05) is 6.07 Å². The number of rotatable bonds is 1. The second-order valence-electron chi connectivity index (χ2n) is 5.65. The van der Waals surface area contributed by atoms with Crippen molar-refractivity contribution in [2.75, 3.05) is 0 Å². The molecule has 2 nitrogen and oxygen atoms in total. The minimum Gasteiger partial charge on any atom is -0.217 e. The van der Waals surface area contributed by atoms with E-state index in [-0.39, 0.29) is 5.28 Å². The second kappa shape index (κ2) is 5.26. The Bertz CT molecular complexity index is 1220. The molecule has 2 aromatic heterocycles. The molecular formula is C20H11ClN2S. The molecule has 0 saturated heterocycles. The molecule has 0 radical (unpaired) electrons. The van der Waals surface area contributed by atoms with Crippen LogP contribution in [0.1, 0.15) is 0 Å². The van der Waals surface area contributed by atoms with Crippen molar-refractivity contribution >= 4 is 54.0 Å². The van der Waals surface area contributed by atoms with Crippen LogP contribution < -0.4 is 0 Å². The smallest absolute Gasteiger partial charge is 0.217 e. The predicted molar refractivity (Wildman–Crippen MR) is 103 cm³/mol. The third-order valence-electron chi connectivity index (χ3n) is 4.26. The van der Waals surface area contributed by atoms with Crippen LogP contribution >= 0.6 is 22.9 Å². The third-order valence-corrected chi connectivity index (χ3v) is 5.49. The molecule has 0 amide bonds. The van der Waals surface area contributed by atoms with Gasteiger partial charge in [0, 0.05) is 21.0 Å². The highest BCUT2D eigenvalue weighted by Gasteiger charge is 2.16. The minimum absolute atomic E-state index is 0.289. The Balaban J connectivity index is 1.98. The normalized spacial score (nSPS) is 11.5. The van der Waals surface area contributed by atoms with E-state index in [0.717, 1.165) is 21.5 Å². The predicted octanol–water partition coefficient (Wildman–Crippen LogP) is 6.32. The summed E-state index contributed by atoms with van der Waals surface area (Å²) in [6.45, 7) is 0. The van der Waals surface area contributed by atoms with Gasteiger partial charge in [-0.1, -0.05) is 60.7 Å². The lowest BCUT2D eigenvalue weighted by Gasteiger charge is -2.08. The van der Waals surface area contributed by atoms with Crippen LogP contribution in [0.25, 0.3) is 42.3 Å². The van der Waals surface area contributed by atoms with Gasteiger partial charge in [-0.15, -0.1) is 11.3 Å². The molecule has 114 valence electrons. The van der Waals surface area contributed by atoms with Crippen molar-refractivity contribution in [1.29, 1.82) is 0 Å². The molecule has 0 saturated carbocycles. The summed E-state index contributed by atoms with van der Waals surface area (Å²) < 4.78 is 1.20. The summed E-state index contributed by atoms with van der Waals surface area (Å²) in [5, 5.41) is 4.91. The number of aromatic nitrogens is 2. The number of benzene rings is 3. The molecule has 0 atom stereocenters. The van der Waals surface area contributed by atoms with Gasteiger partial charge < -0.3 is 0 Å². The minimum atomic E-state index is 0.289. The molecule has 5 rings (SSSR count). The highest BCUT2D eigenvalue weighted by Crippen LogP contribution is 2.40. The van der Waals surface area contributed by atoms with Crippen molar-refractivity contribution in [3.63, 3.8) is 0 Å². The first-order valence-corrected chi connectivity index (χ1v) is 8.83. The first-order chi connectivity index (χ1) is 11.8. The molecule has 3 aromatic carbocycles. The van der Waals surface area contributed by atoms with Gasteiger partial charge in [0.2, 0.25) is 5.28 Å². The molecule has 0 spiro atoms. The van der Waals surface area contributed by atoms with E-state index < -0.39 is 0 Å². The lowest BCUT2D eigenvalue weighted by molar-refractivity contribution is 1.24. The van der Waals surface area contributed by atoms with Crippen molar-refractivity contribution in [2.45, 2.75) is 0 Å². The van der Waals surface area contributed by atoms with E-state index in [9.17, 15) is 0 Å². The zero-order valence-corrected chi connectivity index (χ0v) is 14.1. The molecule has 0 unspecified atom stereocenters. The lowest BCUT2D eigenvalue weighted by atomic mass is 9.99. The topological polar surface area (TPSA) is 25.8 Å². The summed E-state index contributed by atoms with van der Waals surface area (Å²) in [5.74, 6) is 0. The summed E-state index contributed by atoms with van der Waals surface area (Å²) in [7, 11) is 0. The van der Waals surface area contributed by atoms with Gasteiger partial charge in [0.25, 0.3) is 0 Å². The average Bonchev–Trinajstić information content (AvgIpc) is 2.98. The average molecular weight is 347 g/mol. The molecule has 2 heterocycles. The quantitative estimate of drug-likeness (QED) is 0.332. The number of fused-ring (bicyclic) bond motifs is 4. The molecule has 0 aliphatic heterocycles. The fourth-order valence-electron chi connectivity index (χ4n) is 3.22. The molecular weight excluding hydrogens is 336 g/mol. The summed E-state index contributed by atoms with van der Waals surface area (Å²) in [4.78, 5) is 9.99. The maximum atomic E-state index is 6.24. The zero-order chi connectivity index (χ0) is 16.1. The Labute approximate surface area is 147 Å². The number of thiophene rings is 1. The summed E-state index contributed by atoms with van der Waals surface area (Å²) in [6.07, 6.45) is 0. The van der Waals surface area contributed by atoms with Crippen LogP contribution in [0.3, 0.4) is 0 Å². The van der Waals surface area contributed by atoms with Gasteiger partial charge in [-0.05, 0) is 28.4 Å². The van der Waals surface area contributed by atoms with Crippen molar-refractivity contribution in [3.8, 4) is 11.3 Å². The van der Waals surface area contributed by atoms with Crippen molar-refractivity contribution in [2.24, 2.45) is 0 Å². The van der Waals surface area contributed by atoms with Crippen LogP contribution in [0.5, 0.6) is 0 Å². The van der Waals surface area contributed by atoms with E-state index >= 15 is 0 Å². The van der Waals surface area contributed by atoms with Crippen LogP contribution in [0.4, 0.5) is 0 Å². The third kappa shape index (κ3) is 2.02. The van der Waals surface area contributed by atoms with Gasteiger partial charge in [-0.25, -0.2) is 9.97 Å². The number of halogens is 1. The standard InChI is InChI=1S/C20H11ClN2S/c21-20-22-18(14-10-5-7-12-6-1-2-8-13(12)14)17-15-9-3-4-11-16(15)24-19(17)23-20/h1-11H. The molecule has 0 bridgehead atoms. The lowest BCUT2D eigenvalue weighted by Crippen LogP contribution is -1.90. The van der Waals surface area contributed by atoms with E-state index in [1.165, 1.54) is 20.9 Å². The fourth-order valence-corrected chi connectivity index (χ4v) is 4.52. The maximum absolute atomic E-state index is 6.24. The van der Waals surface area contributed by atoms with Gasteiger partial charge >= 0.3 is 0 Å². The highest BCUT2D eigenvalue weighted by molar-refractivity contribution is 7.25. The van der Waals surface area contributed by atoms with E-state index in [1.54, 1.807) is 11.3 Å². The molecule has 5 aromatic rings. The first-order valence-electron chi connectivity index (χ1n) is 7.64. The monoisotopic (exact) mass is 346 g/mol. The van der Waals surface area contributed by atoms with Gasteiger partial charge in [-0.3, -0.25) is 0 Å². The molecule has 24 heavy (non-hydrogen) atoms. The molecule has 0 N–H and O–H groups in total. The van der Waals surface area contributed by atoms with Crippen molar-refractivity contribution < 1.29 is 0 Å². The Hall–Kier alpha value is -2.49. The van der Waals surface area contributed by atoms with Gasteiger partial charge in [0.05, 0.1) is 5.69 Å². The van der Waals surface area contributed by atoms with Crippen molar-refractivity contribution in [3.05, 3.63) is 72.0 Å². The van der Waals surface area contributed by atoms with Gasteiger partial charge in [0.1, 0.15) is 4.83 Å². The highest BCUT2D eigenvalue weighted by atomic mass is 35.5. The molecule has 4 heteroatoms. The van der Waals surface area contributed by atoms with Crippen LogP contribution in [0.2, 0.25) is 5.28 Å². The second-order valence-corrected chi connectivity index (χ2v) is 7.02. The van der Waals surface area contributed by atoms with Crippen LogP contribution in [0.15, 0.2) is 66.7 Å². The summed E-state index contributed by atoms with van der Waals surface area (Å²) >= 11 is 7.89. The summed E-state index contributed by atoms with van der Waals surface area (Å²) in [6, 6.07) is 23.0. The zero-order valence-electron chi connectivity index (χ0n) is 12.5. The molecule has 0 fully saturated rings. The number of hydrogen-bond acceptors (Lipinski definition) is 3. The van der Waals surface area contributed by atoms with E-state index in [0.29, 0.717) is 0 Å². The Kier molecular flexibility index (Phi) is 3.05. The Morgan fingerprint density at radius 2 is 1.50 bits per heavy atom. The Morgan fingerprint density at radius 3 is 2.42 bits per heavy atom.